The zero-order chi connectivity index (χ0) is 44.3. The van der Waals surface area contributed by atoms with Gasteiger partial charge in [-0.05, 0) is 134 Å². The summed E-state index contributed by atoms with van der Waals surface area (Å²) in [6.45, 7) is 0. The van der Waals surface area contributed by atoms with Gasteiger partial charge in [-0.2, -0.15) is 0 Å². The van der Waals surface area contributed by atoms with Crippen LogP contribution in [0.2, 0.25) is 0 Å². The van der Waals surface area contributed by atoms with Crippen LogP contribution in [-0.4, -0.2) is 4.57 Å². The topological polar surface area (TPSA) is 21.3 Å². The minimum Gasteiger partial charge on any atom is -0.456 e. The molecule has 314 valence electrons. The number of benzene rings is 11. The maximum atomic E-state index is 6.25. The molecular formula is C64H42N2O. The number of anilines is 3. The molecule has 0 saturated heterocycles. The average molecular weight is 855 g/mol. The maximum absolute atomic E-state index is 6.25. The van der Waals surface area contributed by atoms with Gasteiger partial charge in [0.2, 0.25) is 0 Å². The number of furan rings is 1. The van der Waals surface area contributed by atoms with Crippen LogP contribution in [-0.2, 0) is 0 Å². The summed E-state index contributed by atoms with van der Waals surface area (Å²) in [5.41, 5.74) is 18.0. The van der Waals surface area contributed by atoms with Gasteiger partial charge in [-0.3, -0.25) is 0 Å². The number of hydrogen-bond acceptors (Lipinski definition) is 2. The van der Waals surface area contributed by atoms with E-state index in [1.807, 2.05) is 12.1 Å². The number of fused-ring (bicyclic) bond motifs is 7. The van der Waals surface area contributed by atoms with Gasteiger partial charge in [0, 0.05) is 44.3 Å². The van der Waals surface area contributed by atoms with Crippen LogP contribution in [0, 0.1) is 0 Å². The number of para-hydroxylation sites is 3. The van der Waals surface area contributed by atoms with Gasteiger partial charge in [0.05, 0.1) is 11.0 Å². The molecule has 0 fully saturated rings. The van der Waals surface area contributed by atoms with Crippen LogP contribution in [0.5, 0.6) is 0 Å². The summed E-state index contributed by atoms with van der Waals surface area (Å²) in [5.74, 6) is 0. The van der Waals surface area contributed by atoms with E-state index in [9.17, 15) is 0 Å². The molecule has 0 amide bonds. The monoisotopic (exact) mass is 854 g/mol. The molecule has 0 aliphatic carbocycles. The Morgan fingerprint density at radius 2 is 0.761 bits per heavy atom. The Hall–Kier alpha value is -8.92. The van der Waals surface area contributed by atoms with Crippen molar-refractivity contribution in [3.8, 4) is 50.2 Å². The first-order chi connectivity index (χ1) is 33.2. The predicted octanol–water partition coefficient (Wildman–Crippen LogP) is 18.0. The van der Waals surface area contributed by atoms with E-state index in [1.165, 1.54) is 60.4 Å². The molecule has 13 aromatic rings. The lowest BCUT2D eigenvalue weighted by atomic mass is 9.98. The summed E-state index contributed by atoms with van der Waals surface area (Å²) < 4.78 is 8.63. The van der Waals surface area contributed by atoms with E-state index in [4.69, 9.17) is 4.42 Å². The Morgan fingerprint density at radius 1 is 0.299 bits per heavy atom. The number of rotatable bonds is 8. The first-order valence-electron chi connectivity index (χ1n) is 22.9. The molecule has 67 heavy (non-hydrogen) atoms. The molecular weight excluding hydrogens is 813 g/mol. The van der Waals surface area contributed by atoms with Gasteiger partial charge in [0.1, 0.15) is 11.2 Å². The fourth-order valence-electron chi connectivity index (χ4n) is 10.1. The quantitative estimate of drug-likeness (QED) is 0.152. The van der Waals surface area contributed by atoms with Crippen molar-refractivity contribution < 1.29 is 4.42 Å². The zero-order valence-corrected chi connectivity index (χ0v) is 36.6. The molecule has 0 unspecified atom stereocenters. The summed E-state index contributed by atoms with van der Waals surface area (Å²) in [5, 5.41) is 7.29. The zero-order valence-electron chi connectivity index (χ0n) is 36.6. The molecule has 0 aliphatic rings. The Morgan fingerprint density at radius 3 is 1.40 bits per heavy atom. The van der Waals surface area contributed by atoms with Gasteiger partial charge < -0.3 is 13.9 Å². The second-order valence-corrected chi connectivity index (χ2v) is 17.3. The predicted molar refractivity (Wildman–Crippen MR) is 282 cm³/mol. The van der Waals surface area contributed by atoms with E-state index in [1.54, 1.807) is 0 Å². The van der Waals surface area contributed by atoms with E-state index in [2.05, 4.69) is 252 Å². The third-order valence-electron chi connectivity index (χ3n) is 13.4. The lowest BCUT2D eigenvalue weighted by Gasteiger charge is -2.26. The van der Waals surface area contributed by atoms with Gasteiger partial charge in [-0.15, -0.1) is 0 Å². The molecule has 0 bridgehead atoms. The van der Waals surface area contributed by atoms with Gasteiger partial charge in [0.15, 0.2) is 0 Å². The van der Waals surface area contributed by atoms with Crippen molar-refractivity contribution in [1.82, 2.24) is 4.57 Å². The summed E-state index contributed by atoms with van der Waals surface area (Å²) in [4.78, 5) is 2.35. The molecule has 11 aromatic carbocycles. The van der Waals surface area contributed by atoms with Crippen LogP contribution >= 0.6 is 0 Å². The van der Waals surface area contributed by atoms with Crippen LogP contribution in [0.3, 0.4) is 0 Å². The Labute approximate surface area is 388 Å². The summed E-state index contributed by atoms with van der Waals surface area (Å²) in [6.07, 6.45) is 0. The minimum atomic E-state index is 0.898. The van der Waals surface area contributed by atoms with Crippen LogP contribution in [0.4, 0.5) is 17.1 Å². The van der Waals surface area contributed by atoms with Crippen molar-refractivity contribution in [2.75, 3.05) is 4.90 Å². The molecule has 0 aliphatic heterocycles. The number of nitrogens with zero attached hydrogens (tertiary/aromatic N) is 2. The highest BCUT2D eigenvalue weighted by Gasteiger charge is 2.17. The van der Waals surface area contributed by atoms with Crippen molar-refractivity contribution >= 4 is 71.6 Å². The number of aromatic nitrogens is 1. The highest BCUT2D eigenvalue weighted by atomic mass is 16.3. The highest BCUT2D eigenvalue weighted by molar-refractivity contribution is 6.12. The van der Waals surface area contributed by atoms with E-state index >= 15 is 0 Å². The largest absolute Gasteiger partial charge is 0.456 e. The standard InChI is InChI=1S/C64H42N2O/c1-2-12-49-41-51(28-27-43(49)11-1)47-31-37-53(38-32-47)65(54-39-33-48(34-40-54)56-18-10-22-63-64(56)59-17-5-8-21-62(59)67-63)52-35-29-45(30-36-52)44-23-25-46(26-24-44)50-13-9-14-55(42-50)66-60-19-6-3-15-57(60)58-16-4-7-20-61(58)66/h1-42H. The molecule has 3 nitrogen and oxygen atoms in total. The first kappa shape index (κ1) is 38.5. The van der Waals surface area contributed by atoms with Crippen LogP contribution < -0.4 is 4.90 Å². The molecule has 0 saturated carbocycles. The smallest absolute Gasteiger partial charge is 0.136 e. The van der Waals surface area contributed by atoms with Gasteiger partial charge in [-0.1, -0.05) is 176 Å². The lowest BCUT2D eigenvalue weighted by Crippen LogP contribution is -2.09. The Bertz CT molecular complexity index is 3900. The molecule has 3 heteroatoms. The average Bonchev–Trinajstić information content (AvgIpc) is 3.96. The van der Waals surface area contributed by atoms with Crippen molar-refractivity contribution in [1.29, 1.82) is 0 Å². The second kappa shape index (κ2) is 16.0. The minimum absolute atomic E-state index is 0.898. The summed E-state index contributed by atoms with van der Waals surface area (Å²) in [6, 6.07) is 91.9. The van der Waals surface area contributed by atoms with Crippen LogP contribution in [0.15, 0.2) is 259 Å². The lowest BCUT2D eigenvalue weighted by molar-refractivity contribution is 0.669. The van der Waals surface area contributed by atoms with E-state index < -0.39 is 0 Å². The molecule has 0 radical (unpaired) electrons. The number of hydrogen-bond donors (Lipinski definition) is 0. The molecule has 0 spiro atoms. The van der Waals surface area contributed by atoms with E-state index in [0.29, 0.717) is 0 Å². The van der Waals surface area contributed by atoms with Gasteiger partial charge >= 0.3 is 0 Å². The molecule has 2 aromatic heterocycles. The van der Waals surface area contributed by atoms with Crippen molar-refractivity contribution in [3.63, 3.8) is 0 Å². The van der Waals surface area contributed by atoms with Crippen molar-refractivity contribution in [2.45, 2.75) is 0 Å². The normalized spacial score (nSPS) is 11.6. The third-order valence-corrected chi connectivity index (χ3v) is 13.4. The van der Waals surface area contributed by atoms with Crippen LogP contribution in [0.25, 0.3) is 105 Å². The molecule has 13 rings (SSSR count). The van der Waals surface area contributed by atoms with Crippen molar-refractivity contribution in [3.05, 3.63) is 255 Å². The van der Waals surface area contributed by atoms with Gasteiger partial charge in [-0.25, -0.2) is 0 Å². The molecule has 0 N–H and O–H groups in total. The van der Waals surface area contributed by atoms with Crippen LogP contribution in [0.1, 0.15) is 0 Å². The summed E-state index contributed by atoms with van der Waals surface area (Å²) in [7, 11) is 0. The fourth-order valence-corrected chi connectivity index (χ4v) is 10.1. The SMILES string of the molecule is c1cc(-c2ccc(-c3ccc(N(c4ccc(-c5ccc6ccccc6c5)cc4)c4ccc(-c5cccc6oc7ccccc7c56)cc4)cc3)cc2)cc(-n2c3ccccc3c3ccccc32)c1. The first-order valence-corrected chi connectivity index (χ1v) is 22.9. The van der Waals surface area contributed by atoms with E-state index in [-0.39, 0.29) is 0 Å². The molecule has 2 heterocycles. The summed E-state index contributed by atoms with van der Waals surface area (Å²) >= 11 is 0. The maximum Gasteiger partial charge on any atom is 0.136 e. The fraction of sp³-hybridized carbons (Fsp3) is 0. The van der Waals surface area contributed by atoms with E-state index in [0.717, 1.165) is 61.4 Å². The molecule has 0 atom stereocenters. The highest BCUT2D eigenvalue weighted by Crippen LogP contribution is 2.41. The van der Waals surface area contributed by atoms with Gasteiger partial charge in [0.25, 0.3) is 0 Å². The second-order valence-electron chi connectivity index (χ2n) is 17.3. The third kappa shape index (κ3) is 6.76. The Kier molecular flexibility index (Phi) is 9.17. The van der Waals surface area contributed by atoms with Crippen molar-refractivity contribution in [2.24, 2.45) is 0 Å². The Balaban J connectivity index is 0.831.